The van der Waals surface area contributed by atoms with Crippen LogP contribution in [-0.4, -0.2) is 43.4 Å². The molecule has 0 N–H and O–H groups in total. The van der Waals surface area contributed by atoms with E-state index in [1.165, 1.54) is 0 Å². The number of rotatable bonds is 7. The van der Waals surface area contributed by atoms with E-state index in [1.54, 1.807) is 7.11 Å². The molecule has 1 aliphatic heterocycles. The Hall–Kier alpha value is -1.68. The first-order valence-corrected chi connectivity index (χ1v) is 7.53. The van der Waals surface area contributed by atoms with Crippen molar-refractivity contribution < 1.29 is 14.3 Å². The molecule has 0 spiro atoms. The van der Waals surface area contributed by atoms with Crippen LogP contribution in [0, 0.1) is 5.92 Å². The number of carbonyl (C=O) groups excluding carboxylic acids is 2. The minimum absolute atomic E-state index is 0.168. The number of amides is 1. The van der Waals surface area contributed by atoms with Gasteiger partial charge in [-0.25, -0.2) is 0 Å². The van der Waals surface area contributed by atoms with Gasteiger partial charge in [0.1, 0.15) is 0 Å². The molecular formula is C17H23NO3. The summed E-state index contributed by atoms with van der Waals surface area (Å²) in [6.45, 7) is 3.91. The van der Waals surface area contributed by atoms with Crippen molar-refractivity contribution in [2.75, 3.05) is 26.8 Å². The SMILES string of the molecule is CCC(=O)c1cccc(C[C@@H]2CC(=O)N(CCOC)C2)c1. The summed E-state index contributed by atoms with van der Waals surface area (Å²) in [5.74, 6) is 0.709. The van der Waals surface area contributed by atoms with Crippen LogP contribution in [0.4, 0.5) is 0 Å². The molecule has 21 heavy (non-hydrogen) atoms. The van der Waals surface area contributed by atoms with E-state index in [1.807, 2.05) is 36.1 Å². The fourth-order valence-electron chi connectivity index (χ4n) is 2.82. The number of hydrogen-bond donors (Lipinski definition) is 0. The zero-order chi connectivity index (χ0) is 15.2. The van der Waals surface area contributed by atoms with Gasteiger partial charge in [0.15, 0.2) is 5.78 Å². The molecule has 1 fully saturated rings. The molecule has 0 radical (unpaired) electrons. The molecule has 0 bridgehead atoms. The highest BCUT2D eigenvalue weighted by Gasteiger charge is 2.29. The summed E-state index contributed by atoms with van der Waals surface area (Å²) in [5.41, 5.74) is 1.91. The lowest BCUT2D eigenvalue weighted by Gasteiger charge is -2.16. The van der Waals surface area contributed by atoms with E-state index in [2.05, 4.69) is 0 Å². The zero-order valence-corrected chi connectivity index (χ0v) is 12.8. The molecule has 1 aliphatic rings. The van der Waals surface area contributed by atoms with Crippen LogP contribution in [0.2, 0.25) is 0 Å². The molecule has 0 aromatic heterocycles. The molecule has 4 nitrogen and oxygen atoms in total. The Balaban J connectivity index is 1.96. The van der Waals surface area contributed by atoms with Crippen LogP contribution in [0.3, 0.4) is 0 Å². The summed E-state index contributed by atoms with van der Waals surface area (Å²) in [6.07, 6.45) is 1.96. The summed E-state index contributed by atoms with van der Waals surface area (Å²) in [5, 5.41) is 0. The summed E-state index contributed by atoms with van der Waals surface area (Å²) < 4.78 is 5.03. The maximum atomic E-state index is 11.9. The first-order valence-electron chi connectivity index (χ1n) is 7.53. The molecule has 1 aromatic rings. The van der Waals surface area contributed by atoms with Gasteiger partial charge >= 0.3 is 0 Å². The van der Waals surface area contributed by atoms with Gasteiger partial charge in [0, 0.05) is 38.6 Å². The lowest BCUT2D eigenvalue weighted by atomic mass is 9.96. The van der Waals surface area contributed by atoms with Gasteiger partial charge in [-0.05, 0) is 24.0 Å². The Morgan fingerprint density at radius 2 is 2.24 bits per heavy atom. The monoisotopic (exact) mass is 289 g/mol. The first kappa shape index (κ1) is 15.7. The molecule has 4 heteroatoms. The van der Waals surface area contributed by atoms with Crippen LogP contribution in [-0.2, 0) is 16.0 Å². The Morgan fingerprint density at radius 1 is 1.43 bits per heavy atom. The first-order chi connectivity index (χ1) is 10.1. The van der Waals surface area contributed by atoms with Crippen LogP contribution in [0.25, 0.3) is 0 Å². The highest BCUT2D eigenvalue weighted by Crippen LogP contribution is 2.22. The second kappa shape index (κ2) is 7.36. The van der Waals surface area contributed by atoms with Crippen molar-refractivity contribution in [1.82, 2.24) is 4.90 Å². The van der Waals surface area contributed by atoms with Crippen LogP contribution in [0.1, 0.15) is 35.7 Å². The van der Waals surface area contributed by atoms with Crippen molar-refractivity contribution >= 4 is 11.7 Å². The molecule has 0 unspecified atom stereocenters. The van der Waals surface area contributed by atoms with Crippen molar-refractivity contribution in [1.29, 1.82) is 0 Å². The Bertz CT molecular complexity index is 513. The van der Waals surface area contributed by atoms with Gasteiger partial charge in [-0.1, -0.05) is 25.1 Å². The average Bonchev–Trinajstić information content (AvgIpc) is 2.84. The van der Waals surface area contributed by atoms with Crippen molar-refractivity contribution in [3.8, 4) is 0 Å². The molecule has 0 saturated carbocycles. The van der Waals surface area contributed by atoms with Gasteiger partial charge in [-0.2, -0.15) is 0 Å². The standard InChI is InChI=1S/C17H23NO3/c1-3-16(19)15-6-4-5-13(10-15)9-14-11-17(20)18(12-14)7-8-21-2/h4-6,10,14H,3,7-9,11-12H2,1-2H3/t14-/m1/s1. The number of Topliss-reactive ketones (excluding diaryl/α,β-unsaturated/α-hetero) is 1. The predicted octanol–water partition coefficient (Wildman–Crippen LogP) is 2.32. The summed E-state index contributed by atoms with van der Waals surface area (Å²) in [4.78, 5) is 25.5. The number of hydrogen-bond acceptors (Lipinski definition) is 3. The van der Waals surface area contributed by atoms with Crippen molar-refractivity contribution in [2.45, 2.75) is 26.2 Å². The van der Waals surface area contributed by atoms with Crippen molar-refractivity contribution in [3.63, 3.8) is 0 Å². The Labute approximate surface area is 126 Å². The van der Waals surface area contributed by atoms with Crippen molar-refractivity contribution in [2.24, 2.45) is 5.92 Å². The minimum atomic E-state index is 0.168. The quantitative estimate of drug-likeness (QED) is 0.724. The second-order valence-corrected chi connectivity index (χ2v) is 5.58. The van der Waals surface area contributed by atoms with Crippen molar-refractivity contribution in [3.05, 3.63) is 35.4 Å². The van der Waals surface area contributed by atoms with E-state index in [4.69, 9.17) is 4.74 Å². The van der Waals surface area contributed by atoms with Gasteiger partial charge in [0.2, 0.25) is 5.91 Å². The number of benzene rings is 1. The van der Waals surface area contributed by atoms with Gasteiger partial charge in [-0.15, -0.1) is 0 Å². The zero-order valence-electron chi connectivity index (χ0n) is 12.8. The molecule has 114 valence electrons. The molecular weight excluding hydrogens is 266 g/mol. The van der Waals surface area contributed by atoms with E-state index in [-0.39, 0.29) is 11.7 Å². The Morgan fingerprint density at radius 3 is 2.95 bits per heavy atom. The van der Waals surface area contributed by atoms with E-state index in [0.717, 1.165) is 24.1 Å². The number of likely N-dealkylation sites (tertiary alicyclic amines) is 1. The fraction of sp³-hybridized carbons (Fsp3) is 0.529. The van der Waals surface area contributed by atoms with Crippen LogP contribution < -0.4 is 0 Å². The minimum Gasteiger partial charge on any atom is -0.383 e. The van der Waals surface area contributed by atoms with Gasteiger partial charge < -0.3 is 9.64 Å². The normalized spacial score (nSPS) is 18.3. The number of nitrogens with zero attached hydrogens (tertiary/aromatic N) is 1. The average molecular weight is 289 g/mol. The largest absolute Gasteiger partial charge is 0.383 e. The molecule has 1 amide bonds. The molecule has 0 aliphatic carbocycles. The smallest absolute Gasteiger partial charge is 0.223 e. The van der Waals surface area contributed by atoms with Gasteiger partial charge in [-0.3, -0.25) is 9.59 Å². The maximum absolute atomic E-state index is 11.9. The Kier molecular flexibility index (Phi) is 5.51. The third-order valence-corrected chi connectivity index (χ3v) is 3.95. The number of carbonyl (C=O) groups is 2. The lowest BCUT2D eigenvalue weighted by molar-refractivity contribution is -0.128. The summed E-state index contributed by atoms with van der Waals surface area (Å²) in [6, 6.07) is 7.79. The summed E-state index contributed by atoms with van der Waals surface area (Å²) in [7, 11) is 1.65. The third kappa shape index (κ3) is 4.14. The number of methoxy groups -OCH3 is 1. The predicted molar refractivity (Wildman–Crippen MR) is 81.3 cm³/mol. The highest BCUT2D eigenvalue weighted by molar-refractivity contribution is 5.95. The molecule has 1 heterocycles. The van der Waals surface area contributed by atoms with Crippen LogP contribution in [0.5, 0.6) is 0 Å². The number of ketones is 1. The molecule has 1 aromatic carbocycles. The van der Waals surface area contributed by atoms with Crippen LogP contribution in [0.15, 0.2) is 24.3 Å². The lowest BCUT2D eigenvalue weighted by Crippen LogP contribution is -2.28. The third-order valence-electron chi connectivity index (χ3n) is 3.95. The second-order valence-electron chi connectivity index (χ2n) is 5.58. The van der Waals surface area contributed by atoms with E-state index in [9.17, 15) is 9.59 Å². The van der Waals surface area contributed by atoms with Gasteiger partial charge in [0.25, 0.3) is 0 Å². The van der Waals surface area contributed by atoms with Gasteiger partial charge in [0.05, 0.1) is 6.61 Å². The van der Waals surface area contributed by atoms with Crippen LogP contribution >= 0.6 is 0 Å². The van der Waals surface area contributed by atoms with E-state index in [0.29, 0.717) is 31.9 Å². The fourth-order valence-corrected chi connectivity index (χ4v) is 2.82. The maximum Gasteiger partial charge on any atom is 0.223 e. The molecule has 1 atom stereocenters. The van der Waals surface area contributed by atoms with E-state index >= 15 is 0 Å². The van der Waals surface area contributed by atoms with E-state index < -0.39 is 0 Å². The molecule has 2 rings (SSSR count). The topological polar surface area (TPSA) is 46.6 Å². The number of ether oxygens (including phenoxy) is 1. The molecule has 1 saturated heterocycles. The summed E-state index contributed by atoms with van der Waals surface area (Å²) >= 11 is 0. The highest BCUT2D eigenvalue weighted by atomic mass is 16.5.